The van der Waals surface area contributed by atoms with Gasteiger partial charge in [0.05, 0.1) is 23.9 Å². The number of ether oxygens (including phenoxy) is 1. The van der Waals surface area contributed by atoms with Crippen LogP contribution in [0.25, 0.3) is 0 Å². The highest BCUT2D eigenvalue weighted by Crippen LogP contribution is 2.69. The van der Waals surface area contributed by atoms with E-state index in [2.05, 4.69) is 27.7 Å². The van der Waals surface area contributed by atoms with E-state index in [4.69, 9.17) is 4.74 Å². The highest BCUT2D eigenvalue weighted by atomic mass is 16.6. The Kier molecular flexibility index (Phi) is 7.47. The maximum absolute atomic E-state index is 11.8. The van der Waals surface area contributed by atoms with Gasteiger partial charge in [0.1, 0.15) is 5.60 Å². The van der Waals surface area contributed by atoms with Crippen molar-refractivity contribution in [3.8, 4) is 0 Å². The summed E-state index contributed by atoms with van der Waals surface area (Å²) >= 11 is 0. The van der Waals surface area contributed by atoms with Crippen molar-refractivity contribution in [3.05, 3.63) is 0 Å². The van der Waals surface area contributed by atoms with E-state index in [1.54, 1.807) is 0 Å². The fourth-order valence-electron chi connectivity index (χ4n) is 9.72. The Morgan fingerprint density at radius 1 is 1.00 bits per heavy atom. The van der Waals surface area contributed by atoms with Crippen LogP contribution in [0.5, 0.6) is 0 Å². The lowest BCUT2D eigenvalue weighted by atomic mass is 9.41. The smallest absolute Gasteiger partial charge is 0.303 e. The SMILES string of the molecule is CC(=O)OC(C)(C)C(C)CCC(C)C1CCC2C3CC(O)C4(O)CC(O)CCC4(C)C3CC(O)C12C. The molecular formula is C30H52O6. The molecule has 4 aliphatic rings. The first kappa shape index (κ1) is 28.3. The predicted octanol–water partition coefficient (Wildman–Crippen LogP) is 4.46. The molecule has 6 heteroatoms. The highest BCUT2D eigenvalue weighted by Gasteiger charge is 2.69. The highest BCUT2D eigenvalue weighted by molar-refractivity contribution is 5.66. The quantitative estimate of drug-likeness (QED) is 0.395. The summed E-state index contributed by atoms with van der Waals surface area (Å²) in [6.07, 6.45) is 5.08. The van der Waals surface area contributed by atoms with Gasteiger partial charge in [-0.05, 0) is 99.7 Å². The molecule has 0 aromatic carbocycles. The normalized spacial score (nSPS) is 48.4. The van der Waals surface area contributed by atoms with Crippen molar-refractivity contribution in [3.63, 3.8) is 0 Å². The summed E-state index contributed by atoms with van der Waals surface area (Å²) in [4.78, 5) is 11.5. The number of aliphatic hydroxyl groups excluding tert-OH is 3. The second-order valence-corrected chi connectivity index (χ2v) is 14.3. The van der Waals surface area contributed by atoms with E-state index in [0.29, 0.717) is 43.4 Å². The molecule has 4 N–H and O–H groups in total. The number of aliphatic hydroxyl groups is 4. The first-order chi connectivity index (χ1) is 16.6. The van der Waals surface area contributed by atoms with E-state index in [1.165, 1.54) is 6.92 Å². The monoisotopic (exact) mass is 508 g/mol. The molecule has 0 radical (unpaired) electrons. The lowest BCUT2D eigenvalue weighted by molar-refractivity contribution is -0.275. The van der Waals surface area contributed by atoms with Gasteiger partial charge in [-0.1, -0.05) is 34.1 Å². The summed E-state index contributed by atoms with van der Waals surface area (Å²) in [6.45, 7) is 14.3. The molecule has 0 heterocycles. The molecule has 0 aliphatic heterocycles. The topological polar surface area (TPSA) is 107 Å². The van der Waals surface area contributed by atoms with Gasteiger partial charge in [0.25, 0.3) is 0 Å². The molecule has 6 nitrogen and oxygen atoms in total. The number of carbonyl (C=O) groups is 1. The summed E-state index contributed by atoms with van der Waals surface area (Å²) in [5, 5.41) is 45.0. The maximum atomic E-state index is 11.8. The minimum atomic E-state index is -1.28. The Hall–Kier alpha value is -0.690. The minimum absolute atomic E-state index is 0.157. The number of esters is 1. The van der Waals surface area contributed by atoms with Crippen molar-refractivity contribution >= 4 is 5.97 Å². The summed E-state index contributed by atoms with van der Waals surface area (Å²) in [5.74, 6) is 1.61. The average Bonchev–Trinajstić information content (AvgIpc) is 3.13. The van der Waals surface area contributed by atoms with Gasteiger partial charge in [0.2, 0.25) is 0 Å². The van der Waals surface area contributed by atoms with Crippen LogP contribution < -0.4 is 0 Å². The standard InChI is InChI=1S/C30H52O6/c1-17(8-9-18(2)27(4,5)36-19(3)31)22-10-11-23-21-14-26(34)30(35)16-20(32)12-13-28(30,6)24(21)15-25(33)29(22,23)7/h17-18,20-26,32-35H,8-16H2,1-7H3. The van der Waals surface area contributed by atoms with E-state index in [1.807, 2.05) is 13.8 Å². The van der Waals surface area contributed by atoms with E-state index in [-0.39, 0.29) is 35.6 Å². The third-order valence-electron chi connectivity index (χ3n) is 12.3. The summed E-state index contributed by atoms with van der Waals surface area (Å²) in [6, 6.07) is 0. The molecule has 12 unspecified atom stereocenters. The molecule has 36 heavy (non-hydrogen) atoms. The summed E-state index contributed by atoms with van der Waals surface area (Å²) < 4.78 is 5.58. The second-order valence-electron chi connectivity index (χ2n) is 14.3. The number of fused-ring (bicyclic) bond motifs is 5. The number of hydrogen-bond acceptors (Lipinski definition) is 6. The molecular weight excluding hydrogens is 456 g/mol. The number of hydrogen-bond donors (Lipinski definition) is 4. The van der Waals surface area contributed by atoms with Crippen molar-refractivity contribution in [1.29, 1.82) is 0 Å². The average molecular weight is 509 g/mol. The van der Waals surface area contributed by atoms with Gasteiger partial charge in [-0.15, -0.1) is 0 Å². The molecule has 0 bridgehead atoms. The number of carbonyl (C=O) groups excluding carboxylic acids is 1. The first-order valence-electron chi connectivity index (χ1n) is 14.5. The number of rotatable bonds is 6. The third-order valence-corrected chi connectivity index (χ3v) is 12.3. The van der Waals surface area contributed by atoms with Crippen LogP contribution in [0.3, 0.4) is 0 Å². The van der Waals surface area contributed by atoms with Crippen molar-refractivity contribution in [2.45, 2.75) is 136 Å². The van der Waals surface area contributed by atoms with Crippen molar-refractivity contribution < 1.29 is 30.0 Å². The van der Waals surface area contributed by atoms with E-state index < -0.39 is 34.9 Å². The molecule has 0 amide bonds. The van der Waals surface area contributed by atoms with Crippen LogP contribution in [0.1, 0.15) is 106 Å². The second kappa shape index (κ2) is 9.50. The van der Waals surface area contributed by atoms with Gasteiger partial charge in [0.15, 0.2) is 0 Å². The van der Waals surface area contributed by atoms with Gasteiger partial charge >= 0.3 is 5.97 Å². The lowest BCUT2D eigenvalue weighted by Crippen LogP contribution is -2.70. The lowest BCUT2D eigenvalue weighted by Gasteiger charge is -2.66. The summed E-state index contributed by atoms with van der Waals surface area (Å²) in [5.41, 5.74) is -2.47. The molecule has 208 valence electrons. The van der Waals surface area contributed by atoms with Gasteiger partial charge < -0.3 is 25.2 Å². The van der Waals surface area contributed by atoms with Gasteiger partial charge in [0, 0.05) is 18.8 Å². The Morgan fingerprint density at radius 3 is 2.31 bits per heavy atom. The van der Waals surface area contributed by atoms with Gasteiger partial charge in [-0.25, -0.2) is 0 Å². The van der Waals surface area contributed by atoms with Crippen molar-refractivity contribution in [2.75, 3.05) is 0 Å². The molecule has 0 aromatic rings. The van der Waals surface area contributed by atoms with Gasteiger partial charge in [-0.2, -0.15) is 0 Å². The van der Waals surface area contributed by atoms with E-state index in [9.17, 15) is 25.2 Å². The molecule has 0 saturated heterocycles. The Morgan fingerprint density at radius 2 is 1.67 bits per heavy atom. The fraction of sp³-hybridized carbons (Fsp3) is 0.967. The Labute approximate surface area is 218 Å². The first-order valence-corrected chi connectivity index (χ1v) is 14.5. The molecule has 4 saturated carbocycles. The molecule has 0 spiro atoms. The third kappa shape index (κ3) is 4.26. The van der Waals surface area contributed by atoms with E-state index >= 15 is 0 Å². The van der Waals surface area contributed by atoms with Crippen LogP contribution in [0.2, 0.25) is 0 Å². The van der Waals surface area contributed by atoms with Gasteiger partial charge in [-0.3, -0.25) is 4.79 Å². The predicted molar refractivity (Wildman–Crippen MR) is 139 cm³/mol. The molecule has 4 aliphatic carbocycles. The van der Waals surface area contributed by atoms with Crippen LogP contribution in [-0.4, -0.2) is 55.9 Å². The fourth-order valence-corrected chi connectivity index (χ4v) is 9.72. The van der Waals surface area contributed by atoms with Crippen molar-refractivity contribution in [1.82, 2.24) is 0 Å². The summed E-state index contributed by atoms with van der Waals surface area (Å²) in [7, 11) is 0. The zero-order chi connectivity index (χ0) is 26.8. The van der Waals surface area contributed by atoms with Crippen LogP contribution in [0, 0.1) is 46.3 Å². The maximum Gasteiger partial charge on any atom is 0.303 e. The van der Waals surface area contributed by atoms with Crippen molar-refractivity contribution in [2.24, 2.45) is 46.3 Å². The van der Waals surface area contributed by atoms with E-state index in [0.717, 1.165) is 25.7 Å². The zero-order valence-corrected chi connectivity index (χ0v) is 23.7. The molecule has 4 fully saturated rings. The minimum Gasteiger partial charge on any atom is -0.460 e. The Balaban J connectivity index is 1.51. The van der Waals surface area contributed by atoms with Crippen LogP contribution >= 0.6 is 0 Å². The largest absolute Gasteiger partial charge is 0.460 e. The Bertz CT molecular complexity index is 828. The molecule has 0 aromatic heterocycles. The van der Waals surface area contributed by atoms with Crippen LogP contribution in [0.15, 0.2) is 0 Å². The zero-order valence-electron chi connectivity index (χ0n) is 23.7. The van der Waals surface area contributed by atoms with Crippen LogP contribution in [-0.2, 0) is 9.53 Å². The molecule has 12 atom stereocenters. The molecule has 4 rings (SSSR count). The van der Waals surface area contributed by atoms with Crippen LogP contribution in [0.4, 0.5) is 0 Å².